The van der Waals surface area contributed by atoms with E-state index in [1.165, 1.54) is 31.2 Å². The zero-order chi connectivity index (χ0) is 22.8. The maximum Gasteiger partial charge on any atom is 0.341 e. The van der Waals surface area contributed by atoms with Gasteiger partial charge in [0.25, 0.3) is 15.9 Å². The Morgan fingerprint density at radius 2 is 1.84 bits per heavy atom. The summed E-state index contributed by atoms with van der Waals surface area (Å²) < 4.78 is 38.9. The molecule has 3 rings (SSSR count). The lowest BCUT2D eigenvalue weighted by Crippen LogP contribution is -2.51. The molecule has 0 bridgehead atoms. The predicted octanol–water partition coefficient (Wildman–Crippen LogP) is 3.38. The number of benzene rings is 1. The number of hydrogen-bond acceptors (Lipinski definition) is 7. The number of morpholine rings is 1. The summed E-state index contributed by atoms with van der Waals surface area (Å²) >= 11 is 6.73. The maximum absolute atomic E-state index is 12.7. The molecule has 0 unspecified atom stereocenters. The van der Waals surface area contributed by atoms with Gasteiger partial charge in [-0.05, 0) is 45.0 Å². The minimum absolute atomic E-state index is 0.00269. The van der Waals surface area contributed by atoms with Crippen LogP contribution in [0, 0.1) is 0 Å². The number of rotatable bonds is 6. The molecule has 11 heteroatoms. The van der Waals surface area contributed by atoms with Crippen LogP contribution in [0.4, 0.5) is 5.69 Å². The highest BCUT2D eigenvalue weighted by Crippen LogP contribution is 2.28. The number of anilines is 1. The Morgan fingerprint density at radius 3 is 2.45 bits per heavy atom. The number of amides is 1. The lowest BCUT2D eigenvalue weighted by atomic mass is 10.2. The van der Waals surface area contributed by atoms with Crippen LogP contribution >= 0.6 is 22.9 Å². The molecule has 1 fully saturated rings. The van der Waals surface area contributed by atoms with Crippen LogP contribution in [0.1, 0.15) is 31.1 Å². The third-order valence-electron chi connectivity index (χ3n) is 4.57. The Labute approximate surface area is 190 Å². The topological polar surface area (TPSA) is 102 Å². The van der Waals surface area contributed by atoms with E-state index in [1.807, 2.05) is 13.8 Å². The summed E-state index contributed by atoms with van der Waals surface area (Å²) in [6.45, 7) is 6.05. The summed E-state index contributed by atoms with van der Waals surface area (Å²) in [5.74, 6) is -1.14. The smallest absolute Gasteiger partial charge is 0.341 e. The molecule has 1 aliphatic rings. The molecule has 1 saturated heterocycles. The van der Waals surface area contributed by atoms with Crippen molar-refractivity contribution in [1.29, 1.82) is 0 Å². The molecule has 1 aromatic carbocycles. The van der Waals surface area contributed by atoms with Gasteiger partial charge >= 0.3 is 5.97 Å². The first kappa shape index (κ1) is 23.5. The summed E-state index contributed by atoms with van der Waals surface area (Å²) in [5.41, 5.74) is 0.0439. The molecule has 0 radical (unpaired) electrons. The monoisotopic (exact) mass is 486 g/mol. The fourth-order valence-corrected chi connectivity index (χ4v) is 5.84. The van der Waals surface area contributed by atoms with Crippen LogP contribution in [-0.4, -0.2) is 56.6 Å². The molecule has 0 aliphatic carbocycles. The van der Waals surface area contributed by atoms with Crippen LogP contribution in [0.15, 0.2) is 40.6 Å². The number of para-hydroxylation sites is 1. The van der Waals surface area contributed by atoms with E-state index < -0.39 is 22.1 Å². The fraction of sp³-hybridized carbons (Fsp3) is 0.400. The van der Waals surface area contributed by atoms with Gasteiger partial charge in [-0.15, -0.1) is 11.3 Å². The number of carbonyl (C=O) groups is 2. The van der Waals surface area contributed by atoms with Crippen LogP contribution in [0.25, 0.3) is 0 Å². The minimum Gasteiger partial charge on any atom is -0.449 e. The molecule has 0 saturated carbocycles. The number of halogens is 1. The van der Waals surface area contributed by atoms with Crippen molar-refractivity contribution in [1.82, 2.24) is 4.90 Å². The summed E-state index contributed by atoms with van der Waals surface area (Å²) in [7, 11) is -3.94. The Bertz CT molecular complexity index is 1060. The van der Waals surface area contributed by atoms with Gasteiger partial charge in [-0.25, -0.2) is 13.2 Å². The number of thiophene rings is 1. The van der Waals surface area contributed by atoms with Crippen molar-refractivity contribution in [2.24, 2.45) is 0 Å². The second-order valence-electron chi connectivity index (χ2n) is 7.26. The molecule has 0 spiro atoms. The first-order valence-corrected chi connectivity index (χ1v) is 12.3. The van der Waals surface area contributed by atoms with E-state index in [4.69, 9.17) is 21.1 Å². The van der Waals surface area contributed by atoms with Gasteiger partial charge < -0.3 is 14.4 Å². The highest BCUT2D eigenvalue weighted by atomic mass is 35.5. The number of esters is 1. The van der Waals surface area contributed by atoms with Crippen LogP contribution < -0.4 is 4.72 Å². The van der Waals surface area contributed by atoms with Gasteiger partial charge in [-0.2, -0.15) is 0 Å². The van der Waals surface area contributed by atoms with Crippen molar-refractivity contribution in [3.8, 4) is 0 Å². The van der Waals surface area contributed by atoms with Gasteiger partial charge in [-0.3, -0.25) is 9.52 Å². The molecule has 1 amide bonds. The normalized spacial score (nSPS) is 20.2. The predicted molar refractivity (Wildman–Crippen MR) is 118 cm³/mol. The average molecular weight is 487 g/mol. The van der Waals surface area contributed by atoms with Gasteiger partial charge in [0.1, 0.15) is 4.21 Å². The maximum atomic E-state index is 12.7. The fourth-order valence-electron chi connectivity index (χ4n) is 3.28. The van der Waals surface area contributed by atoms with E-state index >= 15 is 0 Å². The molecular weight excluding hydrogens is 464 g/mol. The number of ether oxygens (including phenoxy) is 2. The largest absolute Gasteiger partial charge is 0.449 e. The number of nitrogens with one attached hydrogen (secondary N) is 1. The van der Waals surface area contributed by atoms with Crippen molar-refractivity contribution in [2.75, 3.05) is 17.8 Å². The lowest BCUT2D eigenvalue weighted by molar-refractivity contribution is -0.151. The molecule has 168 valence electrons. The summed E-state index contributed by atoms with van der Waals surface area (Å²) in [6.07, 6.45) is -1.27. The van der Waals surface area contributed by atoms with Gasteiger partial charge in [0, 0.05) is 13.1 Å². The second kappa shape index (κ2) is 9.56. The molecule has 3 atom stereocenters. The van der Waals surface area contributed by atoms with Gasteiger partial charge in [-0.1, -0.05) is 23.7 Å². The van der Waals surface area contributed by atoms with Crippen molar-refractivity contribution in [3.63, 3.8) is 0 Å². The van der Waals surface area contributed by atoms with Crippen molar-refractivity contribution in [2.45, 2.75) is 43.3 Å². The Hall–Kier alpha value is -2.14. The summed E-state index contributed by atoms with van der Waals surface area (Å²) in [5, 5.41) is 0. The number of sulfonamides is 1. The Balaban J connectivity index is 1.73. The highest BCUT2D eigenvalue weighted by Gasteiger charge is 2.31. The number of hydrogen-bond donors (Lipinski definition) is 1. The zero-order valence-corrected chi connectivity index (χ0v) is 19.6. The average Bonchev–Trinajstić information content (AvgIpc) is 3.14. The van der Waals surface area contributed by atoms with E-state index in [-0.39, 0.29) is 33.6 Å². The Kier molecular flexibility index (Phi) is 7.25. The molecule has 31 heavy (non-hydrogen) atoms. The lowest BCUT2D eigenvalue weighted by Gasteiger charge is -2.36. The molecule has 2 heterocycles. The standard InChI is InChI=1S/C20H23ClN2O6S2/c1-12-10-23(11-13(2)28-12)19(24)14(3)29-20(25)15-6-4-5-7-16(15)22-31(26,27)18-9-8-17(21)30-18/h4-9,12-14,22H,10-11H2,1-3H3/t12-,13+,14-/m0/s1. The minimum atomic E-state index is -3.94. The van der Waals surface area contributed by atoms with Crippen molar-refractivity contribution in [3.05, 3.63) is 46.3 Å². The van der Waals surface area contributed by atoms with Crippen LogP contribution in [0.2, 0.25) is 4.34 Å². The molecular formula is C20H23ClN2O6S2. The summed E-state index contributed by atoms with van der Waals surface area (Å²) in [6, 6.07) is 8.89. The quantitative estimate of drug-likeness (QED) is 0.628. The molecule has 8 nitrogen and oxygen atoms in total. The summed E-state index contributed by atoms with van der Waals surface area (Å²) in [4.78, 5) is 27.1. The van der Waals surface area contributed by atoms with E-state index in [0.29, 0.717) is 17.4 Å². The van der Waals surface area contributed by atoms with E-state index in [1.54, 1.807) is 17.0 Å². The van der Waals surface area contributed by atoms with Crippen molar-refractivity contribution < 1.29 is 27.5 Å². The zero-order valence-electron chi connectivity index (χ0n) is 17.2. The Morgan fingerprint density at radius 1 is 1.19 bits per heavy atom. The first-order chi connectivity index (χ1) is 14.6. The third kappa shape index (κ3) is 5.76. The van der Waals surface area contributed by atoms with E-state index in [2.05, 4.69) is 4.72 Å². The van der Waals surface area contributed by atoms with E-state index in [0.717, 1.165) is 11.3 Å². The first-order valence-electron chi connectivity index (χ1n) is 9.59. The van der Waals surface area contributed by atoms with Crippen molar-refractivity contribution >= 4 is 50.5 Å². The third-order valence-corrected chi connectivity index (χ3v) is 7.66. The molecule has 1 aromatic heterocycles. The van der Waals surface area contributed by atoms with E-state index in [9.17, 15) is 18.0 Å². The van der Waals surface area contributed by atoms with Gasteiger partial charge in [0.15, 0.2) is 6.10 Å². The van der Waals surface area contributed by atoms with Gasteiger partial charge in [0.05, 0.1) is 27.8 Å². The molecule has 1 N–H and O–H groups in total. The molecule has 1 aliphatic heterocycles. The van der Waals surface area contributed by atoms with Crippen LogP contribution in [0.5, 0.6) is 0 Å². The second-order valence-corrected chi connectivity index (χ2v) is 10.9. The number of carbonyl (C=O) groups excluding carboxylic acids is 2. The van der Waals surface area contributed by atoms with Gasteiger partial charge in [0.2, 0.25) is 0 Å². The van der Waals surface area contributed by atoms with Crippen LogP contribution in [-0.2, 0) is 24.3 Å². The SMILES string of the molecule is C[C@@H]1CN(C(=O)[C@H](C)OC(=O)c2ccccc2NS(=O)(=O)c2ccc(Cl)s2)C[C@H](C)O1. The molecule has 2 aromatic rings. The highest BCUT2D eigenvalue weighted by molar-refractivity contribution is 7.94. The number of nitrogens with zero attached hydrogens (tertiary/aromatic N) is 1. The van der Waals surface area contributed by atoms with Crippen LogP contribution in [0.3, 0.4) is 0 Å².